The molecule has 0 spiro atoms. The quantitative estimate of drug-likeness (QED) is 0.870. The van der Waals surface area contributed by atoms with E-state index in [1.54, 1.807) is 12.1 Å². The van der Waals surface area contributed by atoms with E-state index >= 15 is 0 Å². The largest absolute Gasteiger partial charge is 0.423 e. The van der Waals surface area contributed by atoms with Gasteiger partial charge in [0.2, 0.25) is 18.2 Å². The number of aromatic nitrogens is 2. The highest BCUT2D eigenvalue weighted by Crippen LogP contribution is 2.23. The van der Waals surface area contributed by atoms with E-state index in [1.807, 2.05) is 26.0 Å². The van der Waals surface area contributed by atoms with Gasteiger partial charge in [-0.3, -0.25) is 4.79 Å². The first-order valence-corrected chi connectivity index (χ1v) is 6.47. The average molecular weight is 274 g/mol. The smallest absolute Gasteiger partial charge is 0.247 e. The van der Waals surface area contributed by atoms with Crippen molar-refractivity contribution < 1.29 is 9.21 Å². The van der Waals surface area contributed by atoms with Crippen LogP contribution in [-0.2, 0) is 4.79 Å². The number of amides is 1. The van der Waals surface area contributed by atoms with Crippen molar-refractivity contribution in [3.8, 4) is 11.5 Å². The minimum absolute atomic E-state index is 0.0759. The molecule has 1 heterocycles. The van der Waals surface area contributed by atoms with Crippen LogP contribution in [-0.4, -0.2) is 22.6 Å². The number of carbonyl (C=O) groups is 1. The standard InChI is InChI=1S/C14H18N4O2/c1-3-14(2,8-15)13(19)17-11-6-4-10(5-7-11)12-18-16-9-20-12/h4-7,9H,3,8,15H2,1-2H3,(H,17,19). The van der Waals surface area contributed by atoms with E-state index < -0.39 is 5.41 Å². The third-order valence-electron chi connectivity index (χ3n) is 3.53. The molecule has 6 heteroatoms. The van der Waals surface area contributed by atoms with Crippen LogP contribution < -0.4 is 11.1 Å². The van der Waals surface area contributed by atoms with Gasteiger partial charge in [-0.15, -0.1) is 10.2 Å². The zero-order valence-corrected chi connectivity index (χ0v) is 11.6. The molecule has 1 unspecified atom stereocenters. The average Bonchev–Trinajstić information content (AvgIpc) is 3.01. The molecule has 3 N–H and O–H groups in total. The Morgan fingerprint density at radius 3 is 2.60 bits per heavy atom. The van der Waals surface area contributed by atoms with Crippen molar-refractivity contribution in [2.45, 2.75) is 20.3 Å². The molecule has 0 saturated carbocycles. The molecule has 0 radical (unpaired) electrons. The zero-order valence-electron chi connectivity index (χ0n) is 11.6. The number of hydrogen-bond donors (Lipinski definition) is 2. The van der Waals surface area contributed by atoms with Crippen molar-refractivity contribution in [1.29, 1.82) is 0 Å². The van der Waals surface area contributed by atoms with Crippen LogP contribution in [0.3, 0.4) is 0 Å². The zero-order chi connectivity index (χ0) is 14.6. The molecule has 20 heavy (non-hydrogen) atoms. The maximum atomic E-state index is 12.2. The molecule has 1 atom stereocenters. The molecule has 1 aromatic carbocycles. The van der Waals surface area contributed by atoms with Gasteiger partial charge in [0.25, 0.3) is 0 Å². The first-order chi connectivity index (χ1) is 9.59. The van der Waals surface area contributed by atoms with Crippen molar-refractivity contribution in [2.24, 2.45) is 11.1 Å². The van der Waals surface area contributed by atoms with Gasteiger partial charge in [0.1, 0.15) is 0 Å². The third kappa shape index (κ3) is 2.85. The Hall–Kier alpha value is -2.21. The maximum Gasteiger partial charge on any atom is 0.247 e. The van der Waals surface area contributed by atoms with Crippen LogP contribution in [0.1, 0.15) is 20.3 Å². The minimum Gasteiger partial charge on any atom is -0.423 e. The first kappa shape index (κ1) is 14.2. The Balaban J connectivity index is 2.10. The number of rotatable bonds is 5. The van der Waals surface area contributed by atoms with Crippen LogP contribution >= 0.6 is 0 Å². The summed E-state index contributed by atoms with van der Waals surface area (Å²) in [6.07, 6.45) is 1.97. The molecular formula is C14H18N4O2. The Morgan fingerprint density at radius 2 is 2.10 bits per heavy atom. The second-order valence-electron chi connectivity index (χ2n) is 4.89. The van der Waals surface area contributed by atoms with E-state index in [4.69, 9.17) is 10.2 Å². The van der Waals surface area contributed by atoms with Gasteiger partial charge in [-0.2, -0.15) is 0 Å². The Bertz CT molecular complexity index is 559. The van der Waals surface area contributed by atoms with Gasteiger partial charge in [-0.1, -0.05) is 6.92 Å². The molecule has 1 aromatic heterocycles. The van der Waals surface area contributed by atoms with Gasteiger partial charge in [0.05, 0.1) is 5.41 Å². The van der Waals surface area contributed by atoms with Crippen LogP contribution in [0.15, 0.2) is 35.1 Å². The van der Waals surface area contributed by atoms with Crippen LogP contribution in [0.5, 0.6) is 0 Å². The van der Waals surface area contributed by atoms with Crippen LogP contribution in [0, 0.1) is 5.41 Å². The topological polar surface area (TPSA) is 94.0 Å². The molecular weight excluding hydrogens is 256 g/mol. The normalized spacial score (nSPS) is 13.8. The Labute approximate surface area is 117 Å². The second-order valence-corrected chi connectivity index (χ2v) is 4.89. The third-order valence-corrected chi connectivity index (χ3v) is 3.53. The van der Waals surface area contributed by atoms with E-state index in [-0.39, 0.29) is 5.91 Å². The molecule has 0 aliphatic rings. The second kappa shape index (κ2) is 5.83. The van der Waals surface area contributed by atoms with Gasteiger partial charge in [-0.05, 0) is 37.6 Å². The lowest BCUT2D eigenvalue weighted by Crippen LogP contribution is -2.39. The summed E-state index contributed by atoms with van der Waals surface area (Å²) in [5.41, 5.74) is 6.64. The van der Waals surface area contributed by atoms with Crippen molar-refractivity contribution in [1.82, 2.24) is 10.2 Å². The van der Waals surface area contributed by atoms with E-state index in [0.29, 0.717) is 24.5 Å². The number of nitrogens with one attached hydrogen (secondary N) is 1. The fourth-order valence-electron chi connectivity index (χ4n) is 1.67. The molecule has 2 aromatic rings. The van der Waals surface area contributed by atoms with Gasteiger partial charge in [0.15, 0.2) is 0 Å². The fraction of sp³-hybridized carbons (Fsp3) is 0.357. The van der Waals surface area contributed by atoms with Crippen molar-refractivity contribution >= 4 is 11.6 Å². The lowest BCUT2D eigenvalue weighted by molar-refractivity contribution is -0.124. The molecule has 0 aliphatic carbocycles. The fourth-order valence-corrected chi connectivity index (χ4v) is 1.67. The summed E-state index contributed by atoms with van der Waals surface area (Å²) >= 11 is 0. The molecule has 0 fully saturated rings. The maximum absolute atomic E-state index is 12.2. The summed E-state index contributed by atoms with van der Waals surface area (Å²) in [6.45, 7) is 4.12. The SMILES string of the molecule is CCC(C)(CN)C(=O)Nc1ccc(-c2nnco2)cc1. The van der Waals surface area contributed by atoms with Crippen molar-refractivity contribution in [3.05, 3.63) is 30.7 Å². The summed E-state index contributed by atoms with van der Waals surface area (Å²) in [5.74, 6) is 0.372. The summed E-state index contributed by atoms with van der Waals surface area (Å²) in [5, 5.41) is 10.3. The number of nitrogens with zero attached hydrogens (tertiary/aromatic N) is 2. The summed E-state index contributed by atoms with van der Waals surface area (Å²) < 4.78 is 5.10. The van der Waals surface area contributed by atoms with E-state index in [1.165, 1.54) is 6.39 Å². The van der Waals surface area contributed by atoms with Gasteiger partial charge in [-0.25, -0.2) is 0 Å². The number of benzene rings is 1. The number of anilines is 1. The van der Waals surface area contributed by atoms with E-state index in [0.717, 1.165) is 5.56 Å². The predicted molar refractivity (Wildman–Crippen MR) is 75.8 cm³/mol. The van der Waals surface area contributed by atoms with Gasteiger partial charge < -0.3 is 15.5 Å². The first-order valence-electron chi connectivity index (χ1n) is 6.47. The molecule has 0 saturated heterocycles. The molecule has 6 nitrogen and oxygen atoms in total. The van der Waals surface area contributed by atoms with Gasteiger partial charge >= 0.3 is 0 Å². The number of hydrogen-bond acceptors (Lipinski definition) is 5. The highest BCUT2D eigenvalue weighted by Gasteiger charge is 2.29. The van der Waals surface area contributed by atoms with Crippen LogP contribution in [0.2, 0.25) is 0 Å². The lowest BCUT2D eigenvalue weighted by Gasteiger charge is -2.24. The highest BCUT2D eigenvalue weighted by molar-refractivity contribution is 5.95. The highest BCUT2D eigenvalue weighted by atomic mass is 16.4. The van der Waals surface area contributed by atoms with Crippen LogP contribution in [0.25, 0.3) is 11.5 Å². The van der Waals surface area contributed by atoms with Gasteiger partial charge in [0, 0.05) is 17.8 Å². The van der Waals surface area contributed by atoms with Crippen molar-refractivity contribution in [3.63, 3.8) is 0 Å². The van der Waals surface area contributed by atoms with Crippen LogP contribution in [0.4, 0.5) is 5.69 Å². The van der Waals surface area contributed by atoms with Crippen molar-refractivity contribution in [2.75, 3.05) is 11.9 Å². The molecule has 0 bridgehead atoms. The van der Waals surface area contributed by atoms with E-state index in [9.17, 15) is 4.79 Å². The summed E-state index contributed by atoms with van der Waals surface area (Å²) in [6, 6.07) is 7.22. The monoisotopic (exact) mass is 274 g/mol. The molecule has 2 rings (SSSR count). The van der Waals surface area contributed by atoms with E-state index in [2.05, 4.69) is 15.5 Å². The molecule has 1 amide bonds. The Morgan fingerprint density at radius 1 is 1.40 bits per heavy atom. The summed E-state index contributed by atoms with van der Waals surface area (Å²) in [4.78, 5) is 12.2. The number of nitrogens with two attached hydrogens (primary N) is 1. The lowest BCUT2D eigenvalue weighted by atomic mass is 9.86. The number of carbonyl (C=O) groups excluding carboxylic acids is 1. The molecule has 106 valence electrons. The summed E-state index contributed by atoms with van der Waals surface area (Å²) in [7, 11) is 0. The minimum atomic E-state index is -0.550. The predicted octanol–water partition coefficient (Wildman–Crippen LogP) is 2.05. The Kier molecular flexibility index (Phi) is 4.14. The molecule has 0 aliphatic heterocycles.